The molecule has 114 valence electrons. The van der Waals surface area contributed by atoms with Gasteiger partial charge in [0, 0.05) is 0 Å². The Hall–Kier alpha value is -2.37. The highest BCUT2D eigenvalue weighted by atomic mass is 16.6. The summed E-state index contributed by atoms with van der Waals surface area (Å²) in [5, 5.41) is 0. The molecule has 0 amide bonds. The minimum atomic E-state index is -1.64. The lowest BCUT2D eigenvalue weighted by Gasteiger charge is -2.15. The largest absolute Gasteiger partial charge is 0.496 e. The molecule has 0 N–H and O–H groups in total. The first-order valence-electron chi connectivity index (χ1n) is 6.57. The fourth-order valence-electron chi connectivity index (χ4n) is 1.77. The number of Topliss-reactive ketones (excluding diaryl/α,β-unsaturated/α-hetero) is 1. The Morgan fingerprint density at radius 3 is 2.00 bits per heavy atom. The molecule has 0 aromatic heterocycles. The molecular weight excluding hydrogens is 276 g/mol. The fraction of sp³-hybridized carbons (Fsp3) is 0.400. The van der Waals surface area contributed by atoms with Crippen LogP contribution in [0.5, 0.6) is 5.75 Å². The van der Waals surface area contributed by atoms with Crippen molar-refractivity contribution >= 4 is 17.7 Å². The number of para-hydroxylation sites is 1. The molecule has 1 aromatic rings. The van der Waals surface area contributed by atoms with Crippen molar-refractivity contribution in [2.24, 2.45) is 5.92 Å². The average molecular weight is 294 g/mol. The molecule has 0 atom stereocenters. The quantitative estimate of drug-likeness (QED) is 0.432. The van der Waals surface area contributed by atoms with Crippen LogP contribution in [-0.4, -0.2) is 38.0 Å². The first-order chi connectivity index (χ1) is 10.1. The Labute approximate surface area is 123 Å². The Kier molecular flexibility index (Phi) is 6.39. The predicted molar refractivity (Wildman–Crippen MR) is 74.1 cm³/mol. The van der Waals surface area contributed by atoms with Crippen LogP contribution in [0, 0.1) is 5.92 Å². The molecule has 1 rings (SSSR count). The van der Waals surface area contributed by atoms with Gasteiger partial charge in [-0.1, -0.05) is 12.1 Å². The molecule has 6 heteroatoms. The van der Waals surface area contributed by atoms with Gasteiger partial charge in [0.1, 0.15) is 5.75 Å². The van der Waals surface area contributed by atoms with Crippen LogP contribution in [0.3, 0.4) is 0 Å². The van der Waals surface area contributed by atoms with Crippen LogP contribution < -0.4 is 4.74 Å². The molecule has 0 spiro atoms. The van der Waals surface area contributed by atoms with Gasteiger partial charge in [0.2, 0.25) is 5.92 Å². The van der Waals surface area contributed by atoms with Crippen molar-refractivity contribution in [1.82, 2.24) is 0 Å². The number of esters is 2. The zero-order valence-electron chi connectivity index (χ0n) is 12.3. The number of rotatable bonds is 7. The number of hydrogen-bond acceptors (Lipinski definition) is 6. The number of ether oxygens (including phenoxy) is 3. The summed E-state index contributed by atoms with van der Waals surface area (Å²) in [5.74, 6) is -3.91. The standard InChI is InChI=1S/C15H18O6/c1-4-20-14(17)12(15(18)21-5-2)13(16)10-8-6-7-9-11(10)19-3/h6-9,12H,4-5H2,1-3H3. The molecule has 0 fully saturated rings. The summed E-state index contributed by atoms with van der Waals surface area (Å²) < 4.78 is 14.6. The summed E-state index contributed by atoms with van der Waals surface area (Å²) in [6.07, 6.45) is 0. The van der Waals surface area contributed by atoms with Crippen LogP contribution in [0.15, 0.2) is 24.3 Å². The van der Waals surface area contributed by atoms with Crippen LogP contribution in [0.2, 0.25) is 0 Å². The molecule has 0 saturated heterocycles. The first kappa shape index (κ1) is 16.7. The summed E-state index contributed by atoms with van der Waals surface area (Å²) in [4.78, 5) is 36.3. The van der Waals surface area contributed by atoms with Crippen molar-refractivity contribution in [2.45, 2.75) is 13.8 Å². The maximum absolute atomic E-state index is 12.5. The predicted octanol–water partition coefficient (Wildman–Crippen LogP) is 1.62. The lowest BCUT2D eigenvalue weighted by molar-refractivity contribution is -0.158. The van der Waals surface area contributed by atoms with E-state index in [4.69, 9.17) is 14.2 Å². The molecule has 0 bridgehead atoms. The molecular formula is C15H18O6. The van der Waals surface area contributed by atoms with Crippen molar-refractivity contribution < 1.29 is 28.6 Å². The van der Waals surface area contributed by atoms with Crippen LogP contribution >= 0.6 is 0 Å². The molecule has 6 nitrogen and oxygen atoms in total. The Bertz CT molecular complexity index is 505. The van der Waals surface area contributed by atoms with Gasteiger partial charge in [0.15, 0.2) is 5.78 Å². The molecule has 0 unspecified atom stereocenters. The van der Waals surface area contributed by atoms with E-state index < -0.39 is 23.6 Å². The number of carbonyl (C=O) groups excluding carboxylic acids is 3. The maximum atomic E-state index is 12.5. The number of ketones is 1. The van der Waals surface area contributed by atoms with Crippen molar-refractivity contribution in [3.8, 4) is 5.75 Å². The zero-order chi connectivity index (χ0) is 15.8. The minimum Gasteiger partial charge on any atom is -0.496 e. The van der Waals surface area contributed by atoms with E-state index in [-0.39, 0.29) is 24.5 Å². The van der Waals surface area contributed by atoms with Crippen molar-refractivity contribution in [3.63, 3.8) is 0 Å². The third-order valence-corrected chi connectivity index (χ3v) is 2.68. The van der Waals surface area contributed by atoms with E-state index in [1.54, 1.807) is 32.0 Å². The lowest BCUT2D eigenvalue weighted by atomic mass is 9.97. The number of hydrogen-bond donors (Lipinski definition) is 0. The summed E-state index contributed by atoms with van der Waals surface area (Å²) in [7, 11) is 1.40. The third kappa shape index (κ3) is 4.05. The lowest BCUT2D eigenvalue weighted by Crippen LogP contribution is -2.35. The topological polar surface area (TPSA) is 78.9 Å². The Balaban J connectivity index is 3.15. The van der Waals surface area contributed by atoms with Gasteiger partial charge in [-0.15, -0.1) is 0 Å². The van der Waals surface area contributed by atoms with Gasteiger partial charge in [-0.2, -0.15) is 0 Å². The van der Waals surface area contributed by atoms with E-state index in [1.165, 1.54) is 13.2 Å². The SMILES string of the molecule is CCOC(=O)C(C(=O)OCC)C(=O)c1ccccc1OC. The molecule has 0 radical (unpaired) electrons. The summed E-state index contributed by atoms with van der Waals surface area (Å²) >= 11 is 0. The first-order valence-corrected chi connectivity index (χ1v) is 6.57. The van der Waals surface area contributed by atoms with Crippen molar-refractivity contribution in [3.05, 3.63) is 29.8 Å². The number of carbonyl (C=O) groups is 3. The van der Waals surface area contributed by atoms with Gasteiger partial charge in [0.25, 0.3) is 0 Å². The second-order valence-electron chi connectivity index (χ2n) is 4.00. The summed E-state index contributed by atoms with van der Waals surface area (Å²) in [6.45, 7) is 3.31. The highest BCUT2D eigenvalue weighted by Gasteiger charge is 2.38. The Morgan fingerprint density at radius 1 is 1.00 bits per heavy atom. The highest BCUT2D eigenvalue weighted by Crippen LogP contribution is 2.22. The van der Waals surface area contributed by atoms with Gasteiger partial charge in [-0.25, -0.2) is 0 Å². The van der Waals surface area contributed by atoms with Gasteiger partial charge < -0.3 is 14.2 Å². The van der Waals surface area contributed by atoms with E-state index >= 15 is 0 Å². The Morgan fingerprint density at radius 2 is 1.52 bits per heavy atom. The van der Waals surface area contributed by atoms with Crippen molar-refractivity contribution in [1.29, 1.82) is 0 Å². The zero-order valence-corrected chi connectivity index (χ0v) is 12.3. The van der Waals surface area contributed by atoms with Crippen LogP contribution in [0.4, 0.5) is 0 Å². The third-order valence-electron chi connectivity index (χ3n) is 2.68. The summed E-state index contributed by atoms with van der Waals surface area (Å²) in [6, 6.07) is 6.34. The van der Waals surface area contributed by atoms with Gasteiger partial charge in [-0.05, 0) is 26.0 Å². The number of methoxy groups -OCH3 is 1. The molecule has 0 saturated carbocycles. The van der Waals surface area contributed by atoms with Gasteiger partial charge >= 0.3 is 11.9 Å². The molecule has 0 heterocycles. The highest BCUT2D eigenvalue weighted by molar-refractivity contribution is 6.21. The van der Waals surface area contributed by atoms with Gasteiger partial charge in [-0.3, -0.25) is 14.4 Å². The minimum absolute atomic E-state index is 0.0634. The second-order valence-corrected chi connectivity index (χ2v) is 4.00. The smallest absolute Gasteiger partial charge is 0.328 e. The average Bonchev–Trinajstić information content (AvgIpc) is 2.47. The van der Waals surface area contributed by atoms with Crippen molar-refractivity contribution in [2.75, 3.05) is 20.3 Å². The van der Waals surface area contributed by atoms with E-state index in [2.05, 4.69) is 0 Å². The van der Waals surface area contributed by atoms with Crippen LogP contribution in [0.1, 0.15) is 24.2 Å². The fourth-order valence-corrected chi connectivity index (χ4v) is 1.77. The van der Waals surface area contributed by atoms with Crippen LogP contribution in [0.25, 0.3) is 0 Å². The molecule has 0 aliphatic heterocycles. The van der Waals surface area contributed by atoms with E-state index in [0.717, 1.165) is 0 Å². The van der Waals surface area contributed by atoms with E-state index in [9.17, 15) is 14.4 Å². The van der Waals surface area contributed by atoms with Gasteiger partial charge in [0.05, 0.1) is 25.9 Å². The van der Waals surface area contributed by atoms with E-state index in [1.807, 2.05) is 0 Å². The van der Waals surface area contributed by atoms with E-state index in [0.29, 0.717) is 0 Å². The normalized spacial score (nSPS) is 10.1. The number of benzene rings is 1. The summed E-state index contributed by atoms with van der Waals surface area (Å²) in [5.41, 5.74) is 0.131. The molecule has 0 aliphatic rings. The van der Waals surface area contributed by atoms with Crippen LogP contribution in [-0.2, 0) is 19.1 Å². The molecule has 0 aliphatic carbocycles. The second kappa shape index (κ2) is 8.04. The monoisotopic (exact) mass is 294 g/mol. The molecule has 1 aromatic carbocycles. The maximum Gasteiger partial charge on any atom is 0.328 e. The molecule has 21 heavy (non-hydrogen) atoms.